The monoisotopic (exact) mass is 458 g/mol. The fourth-order valence-corrected chi connectivity index (χ4v) is 5.01. The van der Waals surface area contributed by atoms with Gasteiger partial charge in [0.25, 0.3) is 0 Å². The van der Waals surface area contributed by atoms with E-state index in [-0.39, 0.29) is 17.4 Å². The molecule has 9 heteroatoms. The van der Waals surface area contributed by atoms with Crippen LogP contribution in [0.2, 0.25) is 0 Å². The first-order valence-corrected chi connectivity index (χ1v) is 12.0. The minimum atomic E-state index is -3.74. The van der Waals surface area contributed by atoms with Crippen LogP contribution >= 0.6 is 0 Å². The van der Waals surface area contributed by atoms with Crippen molar-refractivity contribution < 1.29 is 17.9 Å². The molecule has 2 aromatic heterocycles. The van der Waals surface area contributed by atoms with E-state index in [2.05, 4.69) is 15.0 Å². The Kier molecular flexibility index (Phi) is 7.30. The van der Waals surface area contributed by atoms with Gasteiger partial charge < -0.3 is 9.72 Å². The van der Waals surface area contributed by atoms with Crippen LogP contribution in [0.5, 0.6) is 0 Å². The van der Waals surface area contributed by atoms with Gasteiger partial charge in [-0.25, -0.2) is 13.4 Å². The fraction of sp³-hybridized carbons (Fsp3) is 0.435. The number of aryl methyl sites for hydroxylation is 1. The number of esters is 1. The van der Waals surface area contributed by atoms with Gasteiger partial charge in [-0.1, -0.05) is 26.0 Å². The lowest BCUT2D eigenvalue weighted by molar-refractivity contribution is -0.142. The summed E-state index contributed by atoms with van der Waals surface area (Å²) >= 11 is 0. The van der Waals surface area contributed by atoms with E-state index in [1.54, 1.807) is 30.5 Å². The van der Waals surface area contributed by atoms with Crippen LogP contribution in [-0.2, 0) is 26.0 Å². The van der Waals surface area contributed by atoms with E-state index in [0.29, 0.717) is 12.8 Å². The van der Waals surface area contributed by atoms with E-state index in [1.165, 1.54) is 18.3 Å². The van der Waals surface area contributed by atoms with Crippen molar-refractivity contribution >= 4 is 27.0 Å². The Labute approximate surface area is 189 Å². The van der Waals surface area contributed by atoms with Crippen LogP contribution in [0.4, 0.5) is 0 Å². The molecule has 0 radical (unpaired) electrons. The van der Waals surface area contributed by atoms with Crippen LogP contribution < -0.4 is 0 Å². The number of likely N-dealkylation sites (N-methyl/N-ethyl adjacent to an activating group) is 1. The molecule has 3 rings (SSSR count). The van der Waals surface area contributed by atoms with Crippen molar-refractivity contribution in [3.05, 3.63) is 53.6 Å². The third-order valence-electron chi connectivity index (χ3n) is 5.30. The number of imidazole rings is 1. The summed E-state index contributed by atoms with van der Waals surface area (Å²) in [4.78, 5) is 23.6. The maximum atomic E-state index is 13.2. The lowest BCUT2D eigenvalue weighted by Crippen LogP contribution is -2.41. The Morgan fingerprint density at radius 2 is 1.88 bits per heavy atom. The summed E-state index contributed by atoms with van der Waals surface area (Å²) in [6.07, 6.45) is 2.86. The molecule has 0 bridgehead atoms. The number of carbonyl (C=O) groups excluding carboxylic acids is 1. The second kappa shape index (κ2) is 9.79. The highest BCUT2D eigenvalue weighted by atomic mass is 32.2. The number of sulfonamides is 1. The third-order valence-corrected chi connectivity index (χ3v) is 7.23. The van der Waals surface area contributed by atoms with Crippen LogP contribution in [0.25, 0.3) is 11.0 Å². The Bertz CT molecular complexity index is 1190. The smallest absolute Gasteiger partial charge is 0.302 e. The molecule has 172 valence electrons. The number of aromatic amines is 1. The highest BCUT2D eigenvalue weighted by molar-refractivity contribution is 7.89. The van der Waals surface area contributed by atoms with Gasteiger partial charge in [0.1, 0.15) is 17.9 Å². The number of ether oxygens (including phenoxy) is 1. The number of carbonyl (C=O) groups is 1. The molecule has 1 aromatic carbocycles. The second-order valence-electron chi connectivity index (χ2n) is 8.40. The summed E-state index contributed by atoms with van der Waals surface area (Å²) in [5.41, 5.74) is 3.52. The van der Waals surface area contributed by atoms with Gasteiger partial charge in [-0.2, -0.15) is 4.31 Å². The van der Waals surface area contributed by atoms with Crippen molar-refractivity contribution in [2.75, 3.05) is 13.7 Å². The summed E-state index contributed by atoms with van der Waals surface area (Å²) < 4.78 is 32.8. The Morgan fingerprint density at radius 1 is 1.19 bits per heavy atom. The lowest BCUT2D eigenvalue weighted by atomic mass is 10.0. The number of aromatic nitrogens is 3. The molecule has 0 aliphatic carbocycles. The fourth-order valence-electron chi connectivity index (χ4n) is 3.66. The summed E-state index contributed by atoms with van der Waals surface area (Å²) in [5, 5.41) is 0. The second-order valence-corrected chi connectivity index (χ2v) is 10.4. The Morgan fingerprint density at radius 3 is 2.50 bits per heavy atom. The van der Waals surface area contributed by atoms with Crippen molar-refractivity contribution in [3.63, 3.8) is 0 Å². The zero-order valence-electron chi connectivity index (χ0n) is 19.1. The van der Waals surface area contributed by atoms with Gasteiger partial charge in [0.05, 0.1) is 22.1 Å². The van der Waals surface area contributed by atoms with Crippen LogP contribution in [0.3, 0.4) is 0 Å². The van der Waals surface area contributed by atoms with Crippen molar-refractivity contribution in [2.45, 2.75) is 51.5 Å². The molecule has 0 fully saturated rings. The minimum Gasteiger partial charge on any atom is -0.464 e. The largest absolute Gasteiger partial charge is 0.464 e. The highest BCUT2D eigenvalue weighted by Crippen LogP contribution is 2.23. The molecule has 0 saturated carbocycles. The topological polar surface area (TPSA) is 105 Å². The zero-order chi connectivity index (χ0) is 23.5. The number of nitrogens with zero attached hydrogens (tertiary/aromatic N) is 3. The first-order valence-electron chi connectivity index (χ1n) is 10.6. The summed E-state index contributed by atoms with van der Waals surface area (Å²) in [6, 6.07) is 8.25. The van der Waals surface area contributed by atoms with E-state index in [4.69, 9.17) is 4.74 Å². The van der Waals surface area contributed by atoms with Gasteiger partial charge in [0, 0.05) is 26.6 Å². The number of hydrogen-bond acceptors (Lipinski definition) is 6. The zero-order valence-corrected chi connectivity index (χ0v) is 19.9. The molecule has 0 saturated heterocycles. The van der Waals surface area contributed by atoms with Gasteiger partial charge >= 0.3 is 5.97 Å². The molecule has 1 atom stereocenters. The maximum absolute atomic E-state index is 13.2. The Hall–Kier alpha value is -2.78. The van der Waals surface area contributed by atoms with Crippen LogP contribution in [-0.4, -0.2) is 53.3 Å². The average molecular weight is 459 g/mol. The molecule has 0 unspecified atom stereocenters. The molecule has 0 spiro atoms. The van der Waals surface area contributed by atoms with E-state index in [0.717, 1.165) is 28.1 Å². The summed E-state index contributed by atoms with van der Waals surface area (Å²) in [5.74, 6) is 0.643. The van der Waals surface area contributed by atoms with Crippen LogP contribution in [0.1, 0.15) is 44.3 Å². The predicted octanol–water partition coefficient (Wildman–Crippen LogP) is 3.46. The van der Waals surface area contributed by atoms with E-state index in [9.17, 15) is 13.2 Å². The number of hydrogen-bond donors (Lipinski definition) is 1. The number of rotatable bonds is 9. The summed E-state index contributed by atoms with van der Waals surface area (Å²) in [6.45, 7) is 7.25. The molecule has 8 nitrogen and oxygen atoms in total. The number of nitrogens with one attached hydrogen (secondary N) is 1. The number of pyridine rings is 1. The van der Waals surface area contributed by atoms with E-state index >= 15 is 0 Å². The standard InChI is InChI=1S/C23H30N4O4S/c1-15(2)12-19(14-31-17(4)28)27(5)32(29,30)20-8-6-18(7-9-20)13-22-23-21(10-11-24-22)25-16(3)26-23/h6-11,15,19H,12-14H2,1-5H3,(H,25,26)/t19-/m0/s1. The first-order chi connectivity index (χ1) is 15.1. The minimum absolute atomic E-state index is 0.0279. The van der Waals surface area contributed by atoms with Crippen molar-refractivity contribution in [3.8, 4) is 0 Å². The quantitative estimate of drug-likeness (QED) is 0.492. The highest BCUT2D eigenvalue weighted by Gasteiger charge is 2.29. The molecular weight excluding hydrogens is 428 g/mol. The van der Waals surface area contributed by atoms with Crippen molar-refractivity contribution in [1.82, 2.24) is 19.3 Å². The first kappa shape index (κ1) is 23.9. The SMILES string of the molecule is CC(=O)OC[C@H](CC(C)C)N(C)S(=O)(=O)c1ccc(Cc2nccc3[nH]c(C)nc23)cc1. The van der Waals surface area contributed by atoms with Crippen LogP contribution in [0.15, 0.2) is 41.4 Å². The van der Waals surface area contributed by atoms with E-state index < -0.39 is 22.0 Å². The predicted molar refractivity (Wildman–Crippen MR) is 123 cm³/mol. The van der Waals surface area contributed by atoms with Crippen molar-refractivity contribution in [1.29, 1.82) is 0 Å². The van der Waals surface area contributed by atoms with Crippen molar-refractivity contribution in [2.24, 2.45) is 5.92 Å². The molecule has 0 aliphatic heterocycles. The van der Waals surface area contributed by atoms with Gasteiger partial charge in [-0.15, -0.1) is 0 Å². The Balaban J connectivity index is 1.80. The van der Waals surface area contributed by atoms with Gasteiger partial charge in [-0.05, 0) is 43.0 Å². The molecular formula is C23H30N4O4S. The maximum Gasteiger partial charge on any atom is 0.302 e. The lowest BCUT2D eigenvalue weighted by Gasteiger charge is -2.28. The van der Waals surface area contributed by atoms with Crippen LogP contribution in [0, 0.1) is 12.8 Å². The average Bonchev–Trinajstić information content (AvgIpc) is 3.12. The molecule has 2 heterocycles. The summed E-state index contributed by atoms with van der Waals surface area (Å²) in [7, 11) is -2.21. The number of fused-ring (bicyclic) bond motifs is 1. The number of benzene rings is 1. The molecule has 3 aromatic rings. The normalized spacial score (nSPS) is 13.1. The third kappa shape index (κ3) is 5.52. The number of H-pyrrole nitrogens is 1. The van der Waals surface area contributed by atoms with Gasteiger partial charge in [0.2, 0.25) is 10.0 Å². The van der Waals surface area contributed by atoms with E-state index in [1.807, 2.05) is 26.8 Å². The molecule has 1 N–H and O–H groups in total. The van der Waals surface area contributed by atoms with Gasteiger partial charge in [-0.3, -0.25) is 9.78 Å². The molecule has 32 heavy (non-hydrogen) atoms. The van der Waals surface area contributed by atoms with Gasteiger partial charge in [0.15, 0.2) is 0 Å². The molecule has 0 amide bonds. The molecule has 0 aliphatic rings.